The van der Waals surface area contributed by atoms with Gasteiger partial charge in [-0.25, -0.2) is 14.4 Å². The zero-order valence-corrected chi connectivity index (χ0v) is 19.6. The van der Waals surface area contributed by atoms with Crippen molar-refractivity contribution in [3.63, 3.8) is 0 Å². The summed E-state index contributed by atoms with van der Waals surface area (Å²) in [6, 6.07) is 4.24. The summed E-state index contributed by atoms with van der Waals surface area (Å²) >= 11 is 0. The number of halogens is 3. The molecule has 34 heavy (non-hydrogen) atoms. The smallest absolute Gasteiger partial charge is 0.432 e. The largest absolute Gasteiger partial charge is 0.467 e. The zero-order chi connectivity index (χ0) is 26.0. The van der Waals surface area contributed by atoms with Crippen molar-refractivity contribution in [3.05, 3.63) is 56.4 Å². The molecule has 2 rings (SSSR count). The van der Waals surface area contributed by atoms with E-state index in [1.165, 1.54) is 24.3 Å². The van der Waals surface area contributed by atoms with Crippen molar-refractivity contribution in [2.75, 3.05) is 7.11 Å². The SMILES string of the molecule is COC(=O)[C@H](Cc1ccc(-c2c(C(F)(F)F)n(C)c(=O)n(C)c2=O)cc1)NC(=O)OC(C)(C)C. The van der Waals surface area contributed by atoms with Crippen LogP contribution >= 0.6 is 0 Å². The lowest BCUT2D eigenvalue weighted by Crippen LogP contribution is -2.45. The third-order valence-electron chi connectivity index (χ3n) is 4.79. The van der Waals surface area contributed by atoms with E-state index in [9.17, 15) is 32.3 Å². The van der Waals surface area contributed by atoms with Crippen molar-refractivity contribution < 1.29 is 32.2 Å². The van der Waals surface area contributed by atoms with Gasteiger partial charge in [-0.1, -0.05) is 24.3 Å². The van der Waals surface area contributed by atoms with Gasteiger partial charge in [-0.2, -0.15) is 13.2 Å². The van der Waals surface area contributed by atoms with Crippen molar-refractivity contribution in [3.8, 4) is 11.1 Å². The molecule has 1 heterocycles. The first-order chi connectivity index (χ1) is 15.6. The summed E-state index contributed by atoms with van der Waals surface area (Å²) in [5.41, 5.74) is -4.65. The summed E-state index contributed by atoms with van der Waals surface area (Å²) in [4.78, 5) is 48.8. The van der Waals surface area contributed by atoms with Crippen LogP contribution in [0.5, 0.6) is 0 Å². The highest BCUT2D eigenvalue weighted by Crippen LogP contribution is 2.34. The molecule has 0 spiro atoms. The Labute approximate surface area is 193 Å². The fourth-order valence-corrected chi connectivity index (χ4v) is 3.26. The van der Waals surface area contributed by atoms with Crippen LogP contribution in [0.15, 0.2) is 33.9 Å². The fourth-order valence-electron chi connectivity index (χ4n) is 3.26. The molecule has 2 aromatic rings. The van der Waals surface area contributed by atoms with Crippen molar-refractivity contribution in [1.82, 2.24) is 14.5 Å². The maximum Gasteiger partial charge on any atom is 0.432 e. The number of ether oxygens (including phenoxy) is 2. The van der Waals surface area contributed by atoms with Crippen LogP contribution in [-0.2, 0) is 41.0 Å². The van der Waals surface area contributed by atoms with Gasteiger partial charge in [0.05, 0.1) is 12.7 Å². The van der Waals surface area contributed by atoms with Gasteiger partial charge >= 0.3 is 23.9 Å². The number of nitrogens with zero attached hydrogens (tertiary/aromatic N) is 2. The van der Waals surface area contributed by atoms with Crippen molar-refractivity contribution in [2.24, 2.45) is 14.1 Å². The fraction of sp³-hybridized carbons (Fsp3) is 0.455. The van der Waals surface area contributed by atoms with E-state index >= 15 is 0 Å². The van der Waals surface area contributed by atoms with Gasteiger partial charge < -0.3 is 14.8 Å². The summed E-state index contributed by atoms with van der Waals surface area (Å²) in [6.07, 6.45) is -5.85. The molecule has 0 aliphatic carbocycles. The number of alkyl halides is 3. The van der Waals surface area contributed by atoms with Gasteiger partial charge in [0, 0.05) is 20.5 Å². The number of methoxy groups -OCH3 is 1. The molecule has 0 saturated carbocycles. The number of aromatic nitrogens is 2. The molecule has 9 nitrogen and oxygen atoms in total. The van der Waals surface area contributed by atoms with Crippen LogP contribution in [0.4, 0.5) is 18.0 Å². The molecule has 0 saturated heterocycles. The molecule has 1 aromatic heterocycles. The highest BCUT2D eigenvalue weighted by atomic mass is 19.4. The number of carbonyl (C=O) groups excluding carboxylic acids is 2. The van der Waals surface area contributed by atoms with Gasteiger partial charge in [-0.3, -0.25) is 13.9 Å². The molecule has 0 aliphatic heterocycles. The first kappa shape index (κ1) is 26.7. The molecule has 0 bridgehead atoms. The summed E-state index contributed by atoms with van der Waals surface area (Å²) in [5, 5.41) is 2.40. The predicted octanol–water partition coefficient (Wildman–Crippen LogP) is 2.38. The van der Waals surface area contributed by atoms with Gasteiger partial charge in [-0.15, -0.1) is 0 Å². The Balaban J connectivity index is 2.43. The van der Waals surface area contributed by atoms with Gasteiger partial charge in [0.2, 0.25) is 0 Å². The van der Waals surface area contributed by atoms with Crippen LogP contribution in [0.1, 0.15) is 32.0 Å². The maximum absolute atomic E-state index is 13.7. The van der Waals surface area contributed by atoms with E-state index < -0.39 is 52.4 Å². The molecule has 1 N–H and O–H groups in total. The lowest BCUT2D eigenvalue weighted by molar-refractivity contribution is -0.144. The standard InChI is InChI=1S/C22H26F3N3O6/c1-21(2,3)34-19(31)26-14(18(30)33-6)11-12-7-9-13(10-8-12)15-16(22(23,24)25)27(4)20(32)28(5)17(15)29/h7-10,14H,11H2,1-6H3,(H,26,31)/t14-/m0/s1. The second kappa shape index (κ2) is 9.74. The van der Waals surface area contributed by atoms with Crippen LogP contribution in [0, 0.1) is 0 Å². The first-order valence-electron chi connectivity index (χ1n) is 10.1. The first-order valence-corrected chi connectivity index (χ1v) is 10.1. The Morgan fingerprint density at radius 2 is 1.59 bits per heavy atom. The maximum atomic E-state index is 13.7. The summed E-state index contributed by atoms with van der Waals surface area (Å²) in [7, 11) is 3.17. The minimum atomic E-state index is -4.96. The Morgan fingerprint density at radius 3 is 2.06 bits per heavy atom. The highest BCUT2D eigenvalue weighted by molar-refractivity contribution is 5.81. The summed E-state index contributed by atoms with van der Waals surface area (Å²) in [5.74, 6) is -0.749. The summed E-state index contributed by atoms with van der Waals surface area (Å²) in [6.45, 7) is 4.95. The van der Waals surface area contributed by atoms with E-state index in [4.69, 9.17) is 9.47 Å². The van der Waals surface area contributed by atoms with Crippen LogP contribution in [0.25, 0.3) is 11.1 Å². The van der Waals surface area contributed by atoms with Crippen LogP contribution < -0.4 is 16.6 Å². The third-order valence-corrected chi connectivity index (χ3v) is 4.79. The molecule has 0 radical (unpaired) electrons. The number of amides is 1. The Morgan fingerprint density at radius 1 is 1.03 bits per heavy atom. The quantitative estimate of drug-likeness (QED) is 0.652. The van der Waals surface area contributed by atoms with Gasteiger partial charge in [0.1, 0.15) is 17.3 Å². The molecule has 0 fully saturated rings. The van der Waals surface area contributed by atoms with Crippen molar-refractivity contribution in [2.45, 2.75) is 45.0 Å². The lowest BCUT2D eigenvalue weighted by atomic mass is 10.00. The molecule has 1 amide bonds. The number of alkyl carbamates (subject to hydrolysis) is 1. The molecular formula is C22H26F3N3O6. The van der Waals surface area contributed by atoms with E-state index in [1.807, 2.05) is 0 Å². The normalized spacial score (nSPS) is 12.7. The number of nitrogens with one attached hydrogen (secondary N) is 1. The molecule has 1 atom stereocenters. The second-order valence-electron chi connectivity index (χ2n) is 8.55. The number of benzene rings is 1. The van der Waals surface area contributed by atoms with Gasteiger partial charge in [-0.05, 0) is 31.9 Å². The third kappa shape index (κ3) is 6.06. The predicted molar refractivity (Wildman–Crippen MR) is 116 cm³/mol. The average molecular weight is 485 g/mol. The number of hydrogen-bond donors (Lipinski definition) is 1. The zero-order valence-electron chi connectivity index (χ0n) is 19.6. The Hall–Kier alpha value is -3.57. The van der Waals surface area contributed by atoms with Gasteiger partial charge in [0.25, 0.3) is 5.56 Å². The van der Waals surface area contributed by atoms with Gasteiger partial charge in [0.15, 0.2) is 0 Å². The number of rotatable bonds is 5. The minimum absolute atomic E-state index is 0.0520. The van der Waals surface area contributed by atoms with E-state index in [-0.39, 0.29) is 12.0 Å². The highest BCUT2D eigenvalue weighted by Gasteiger charge is 2.39. The van der Waals surface area contributed by atoms with E-state index in [0.717, 1.165) is 21.2 Å². The monoisotopic (exact) mass is 485 g/mol. The van der Waals surface area contributed by atoms with E-state index in [1.54, 1.807) is 20.8 Å². The molecule has 12 heteroatoms. The lowest BCUT2D eigenvalue weighted by Gasteiger charge is -2.22. The topological polar surface area (TPSA) is 109 Å². The Kier molecular flexibility index (Phi) is 7.64. The second-order valence-corrected chi connectivity index (χ2v) is 8.55. The number of carbonyl (C=O) groups is 2. The molecule has 1 aromatic carbocycles. The molecule has 0 unspecified atom stereocenters. The summed E-state index contributed by atoms with van der Waals surface area (Å²) < 4.78 is 51.9. The molecule has 186 valence electrons. The van der Waals surface area contributed by atoms with Crippen molar-refractivity contribution in [1.29, 1.82) is 0 Å². The number of esters is 1. The van der Waals surface area contributed by atoms with Crippen LogP contribution in [-0.4, -0.2) is 39.9 Å². The number of hydrogen-bond acceptors (Lipinski definition) is 6. The minimum Gasteiger partial charge on any atom is -0.467 e. The van der Waals surface area contributed by atoms with E-state index in [0.29, 0.717) is 14.7 Å². The van der Waals surface area contributed by atoms with Crippen LogP contribution in [0.2, 0.25) is 0 Å². The van der Waals surface area contributed by atoms with Crippen LogP contribution in [0.3, 0.4) is 0 Å². The van der Waals surface area contributed by atoms with Crippen molar-refractivity contribution >= 4 is 12.1 Å². The molecular weight excluding hydrogens is 459 g/mol. The van der Waals surface area contributed by atoms with E-state index in [2.05, 4.69) is 5.32 Å². The molecule has 0 aliphatic rings. The average Bonchev–Trinajstić information content (AvgIpc) is 2.72. The Bertz CT molecular complexity index is 1190.